The van der Waals surface area contributed by atoms with Crippen molar-refractivity contribution in [2.75, 3.05) is 19.6 Å². The van der Waals surface area contributed by atoms with Gasteiger partial charge in [0.15, 0.2) is 11.5 Å². The van der Waals surface area contributed by atoms with Gasteiger partial charge in [0, 0.05) is 24.8 Å². The summed E-state index contributed by atoms with van der Waals surface area (Å²) in [5.74, 6) is -1.10. The number of likely N-dealkylation sites (tertiary alicyclic amines) is 1. The van der Waals surface area contributed by atoms with Crippen LogP contribution in [0.1, 0.15) is 35.8 Å². The van der Waals surface area contributed by atoms with Gasteiger partial charge in [0.25, 0.3) is 5.89 Å². The second kappa shape index (κ2) is 11.6. The summed E-state index contributed by atoms with van der Waals surface area (Å²) in [5, 5.41) is 26.9. The van der Waals surface area contributed by atoms with Crippen LogP contribution in [0.3, 0.4) is 0 Å². The minimum atomic E-state index is -5.02. The van der Waals surface area contributed by atoms with E-state index >= 15 is 0 Å². The van der Waals surface area contributed by atoms with Crippen LogP contribution in [0.25, 0.3) is 28.7 Å². The van der Waals surface area contributed by atoms with Gasteiger partial charge in [-0.3, -0.25) is 4.90 Å². The lowest BCUT2D eigenvalue weighted by atomic mass is 10.0. The maximum Gasteiger partial charge on any atom is 0.506 e. The molecule has 0 amide bonds. The summed E-state index contributed by atoms with van der Waals surface area (Å²) in [4.78, 5) is 20.2. The van der Waals surface area contributed by atoms with E-state index in [4.69, 9.17) is 14.4 Å². The van der Waals surface area contributed by atoms with Crippen LogP contribution in [0.15, 0.2) is 53.3 Å². The van der Waals surface area contributed by atoms with E-state index < -0.39 is 59.2 Å². The molecule has 1 aliphatic heterocycles. The van der Waals surface area contributed by atoms with Crippen LogP contribution >= 0.6 is 0 Å². The highest BCUT2D eigenvalue weighted by Gasteiger charge is 2.41. The second-order valence-electron chi connectivity index (χ2n) is 9.69. The number of pyridine rings is 1. The highest BCUT2D eigenvalue weighted by atomic mass is 19.4. The van der Waals surface area contributed by atoms with E-state index in [0.29, 0.717) is 54.0 Å². The smallest absolute Gasteiger partial charge is 0.450 e. The van der Waals surface area contributed by atoms with Crippen molar-refractivity contribution in [3.63, 3.8) is 0 Å². The van der Waals surface area contributed by atoms with Crippen LogP contribution in [0.5, 0.6) is 0 Å². The van der Waals surface area contributed by atoms with Crippen LogP contribution in [-0.2, 0) is 17.1 Å². The standard InChI is InChI=1S/C26H22F6N6O5/c27-25(28,29)16-7-8-20(33-10-16)38-21(26(30,31)32)18(11-34-38)23-35-22(36-43-23)15-5-3-14(4-6-15)19(39)13-37-9-1-2-17(12-37)42-24(40)41/h3-8,10-11,17,19,39H,1-2,9,12-13H2,(H,40,41)/t17-,19+/m0/s1. The number of carboxylic acid groups (broad SMARTS) is 1. The number of piperidine rings is 1. The van der Waals surface area contributed by atoms with Crippen molar-refractivity contribution in [3.8, 4) is 28.7 Å². The van der Waals surface area contributed by atoms with Crippen LogP contribution in [0.2, 0.25) is 0 Å². The first kappa shape index (κ1) is 30.0. The topological polar surface area (TPSA) is 140 Å². The summed E-state index contributed by atoms with van der Waals surface area (Å²) in [5.41, 5.74) is -2.22. The van der Waals surface area contributed by atoms with Crippen molar-refractivity contribution in [2.45, 2.75) is 37.4 Å². The zero-order valence-electron chi connectivity index (χ0n) is 21.9. The minimum Gasteiger partial charge on any atom is -0.450 e. The fraction of sp³-hybridized carbons (Fsp3) is 0.346. The second-order valence-corrected chi connectivity index (χ2v) is 9.69. The molecule has 1 aromatic carbocycles. The predicted molar refractivity (Wildman–Crippen MR) is 134 cm³/mol. The average Bonchev–Trinajstić information content (AvgIpc) is 3.61. The summed E-state index contributed by atoms with van der Waals surface area (Å²) in [6.07, 6.45) is -9.99. The predicted octanol–water partition coefficient (Wildman–Crippen LogP) is 5.21. The Bertz CT molecular complexity index is 1570. The van der Waals surface area contributed by atoms with Crippen molar-refractivity contribution in [1.82, 2.24) is 29.8 Å². The zero-order valence-corrected chi connectivity index (χ0v) is 21.9. The number of nitrogens with zero attached hydrogens (tertiary/aromatic N) is 6. The lowest BCUT2D eigenvalue weighted by Gasteiger charge is -2.33. The minimum absolute atomic E-state index is 0.0609. The van der Waals surface area contributed by atoms with Crippen molar-refractivity contribution in [2.24, 2.45) is 0 Å². The van der Waals surface area contributed by atoms with Crippen LogP contribution in [0.4, 0.5) is 31.1 Å². The molecule has 4 heterocycles. The molecule has 1 saturated heterocycles. The Hall–Kier alpha value is -4.51. The maximum atomic E-state index is 14.1. The van der Waals surface area contributed by atoms with E-state index in [9.17, 15) is 36.2 Å². The first-order chi connectivity index (χ1) is 20.3. The highest BCUT2D eigenvalue weighted by Crippen LogP contribution is 2.38. The fourth-order valence-electron chi connectivity index (χ4n) is 4.70. The molecule has 0 bridgehead atoms. The monoisotopic (exact) mass is 612 g/mol. The lowest BCUT2D eigenvalue weighted by Crippen LogP contribution is -2.42. The number of aliphatic hydroxyl groups is 1. The molecule has 5 rings (SSSR count). The Morgan fingerprint density at radius 1 is 1.07 bits per heavy atom. The van der Waals surface area contributed by atoms with E-state index in [-0.39, 0.29) is 12.4 Å². The van der Waals surface area contributed by atoms with E-state index in [1.54, 1.807) is 24.3 Å². The van der Waals surface area contributed by atoms with Gasteiger partial charge in [-0.05, 0) is 37.1 Å². The van der Waals surface area contributed by atoms with Gasteiger partial charge in [-0.15, -0.1) is 0 Å². The highest BCUT2D eigenvalue weighted by molar-refractivity contribution is 5.62. The molecule has 1 fully saturated rings. The third kappa shape index (κ3) is 6.77. The van der Waals surface area contributed by atoms with Crippen LogP contribution in [0, 0.1) is 0 Å². The molecule has 11 nitrogen and oxygen atoms in total. The number of hydrogen-bond acceptors (Lipinski definition) is 9. The molecule has 4 aromatic rings. The number of halogens is 6. The number of aliphatic hydroxyl groups excluding tert-OH is 1. The summed E-state index contributed by atoms with van der Waals surface area (Å²) < 4.78 is 91.0. The average molecular weight is 612 g/mol. The number of rotatable bonds is 7. The quantitative estimate of drug-likeness (QED) is 0.211. The summed E-state index contributed by atoms with van der Waals surface area (Å²) in [7, 11) is 0. The number of alkyl halides is 6. The fourth-order valence-corrected chi connectivity index (χ4v) is 4.70. The largest absolute Gasteiger partial charge is 0.506 e. The number of carbonyl (C=O) groups is 1. The molecule has 43 heavy (non-hydrogen) atoms. The number of β-amino-alcohol motifs (C(OH)–C–C–N with tert-alkyl or cyclic N) is 1. The van der Waals surface area contributed by atoms with Crippen molar-refractivity contribution in [1.29, 1.82) is 0 Å². The van der Waals surface area contributed by atoms with Gasteiger partial charge in [-0.25, -0.2) is 14.5 Å². The SMILES string of the molecule is O=C(O)O[C@H]1CCCN(C[C@@H](O)c2ccc(-c3noc(-c4cnn(-c5ccc(C(F)(F)F)cn5)c4C(F)(F)F)n3)cc2)C1. The molecule has 2 N–H and O–H groups in total. The molecule has 3 aromatic heterocycles. The third-order valence-electron chi connectivity index (χ3n) is 6.70. The van der Waals surface area contributed by atoms with Gasteiger partial charge in [-0.1, -0.05) is 29.4 Å². The van der Waals surface area contributed by atoms with Crippen molar-refractivity contribution < 1.29 is 50.6 Å². The van der Waals surface area contributed by atoms with E-state index in [0.717, 1.165) is 12.3 Å². The van der Waals surface area contributed by atoms with E-state index in [2.05, 4.69) is 20.2 Å². The molecule has 0 unspecified atom stereocenters. The molecular formula is C26H22F6N6O5. The summed E-state index contributed by atoms with van der Waals surface area (Å²) in [6.45, 7) is 1.23. The molecule has 0 saturated carbocycles. The zero-order chi connectivity index (χ0) is 30.9. The number of aromatic nitrogens is 5. The summed E-state index contributed by atoms with van der Waals surface area (Å²) in [6, 6.07) is 7.60. The maximum absolute atomic E-state index is 14.1. The normalized spacial score (nSPS) is 17.1. The molecule has 2 atom stereocenters. The van der Waals surface area contributed by atoms with Gasteiger partial charge < -0.3 is 19.5 Å². The van der Waals surface area contributed by atoms with Crippen LogP contribution in [-0.4, -0.2) is 71.9 Å². The van der Waals surface area contributed by atoms with E-state index in [1.165, 1.54) is 0 Å². The third-order valence-corrected chi connectivity index (χ3v) is 6.70. The van der Waals surface area contributed by atoms with Gasteiger partial charge in [0.1, 0.15) is 6.10 Å². The van der Waals surface area contributed by atoms with E-state index in [1.807, 2.05) is 4.90 Å². The molecule has 228 valence electrons. The Balaban J connectivity index is 1.33. The van der Waals surface area contributed by atoms with Gasteiger partial charge in [-0.2, -0.15) is 36.4 Å². The van der Waals surface area contributed by atoms with Gasteiger partial charge in [0.05, 0.1) is 23.4 Å². The Labute approximate surface area is 238 Å². The van der Waals surface area contributed by atoms with Crippen LogP contribution < -0.4 is 0 Å². The van der Waals surface area contributed by atoms with Gasteiger partial charge in [0.2, 0.25) is 5.82 Å². The van der Waals surface area contributed by atoms with Crippen molar-refractivity contribution in [3.05, 3.63) is 65.6 Å². The number of benzene rings is 1. The molecule has 0 spiro atoms. The summed E-state index contributed by atoms with van der Waals surface area (Å²) >= 11 is 0. The molecular weight excluding hydrogens is 590 g/mol. The number of hydrogen-bond donors (Lipinski definition) is 2. The molecule has 17 heteroatoms. The first-order valence-corrected chi connectivity index (χ1v) is 12.7. The molecule has 0 radical (unpaired) electrons. The molecule has 1 aliphatic rings. The molecule has 0 aliphatic carbocycles. The Kier molecular flexibility index (Phi) is 8.11. The first-order valence-electron chi connectivity index (χ1n) is 12.7. The number of ether oxygens (including phenoxy) is 1. The Morgan fingerprint density at radius 2 is 1.81 bits per heavy atom. The van der Waals surface area contributed by atoms with Gasteiger partial charge >= 0.3 is 18.5 Å². The van der Waals surface area contributed by atoms with Crippen molar-refractivity contribution >= 4 is 6.16 Å². The lowest BCUT2D eigenvalue weighted by molar-refractivity contribution is -0.142. The Morgan fingerprint density at radius 3 is 2.44 bits per heavy atom.